The minimum absolute atomic E-state index is 0.256. The Morgan fingerprint density at radius 3 is 2.70 bits per heavy atom. The molecule has 0 amide bonds. The topological polar surface area (TPSA) is 73.2 Å². The summed E-state index contributed by atoms with van der Waals surface area (Å²) in [5.41, 5.74) is 3.69. The third kappa shape index (κ3) is 2.69. The van der Waals surface area contributed by atoms with E-state index in [9.17, 15) is 0 Å². The van der Waals surface area contributed by atoms with Crippen molar-refractivity contribution in [1.29, 1.82) is 0 Å². The minimum Gasteiger partial charge on any atom is -0.454 e. The van der Waals surface area contributed by atoms with Crippen molar-refractivity contribution in [2.24, 2.45) is 0 Å². The van der Waals surface area contributed by atoms with Gasteiger partial charge in [0.1, 0.15) is 11.3 Å². The number of aromatic nitrogens is 3. The number of fused-ring (bicyclic) bond motifs is 2. The molecule has 0 bridgehead atoms. The van der Waals surface area contributed by atoms with Crippen molar-refractivity contribution in [2.75, 3.05) is 24.5 Å². The zero-order valence-electron chi connectivity index (χ0n) is 14.6. The molecule has 2 N–H and O–H groups in total. The van der Waals surface area contributed by atoms with Crippen molar-refractivity contribution in [1.82, 2.24) is 14.5 Å². The highest BCUT2D eigenvalue weighted by Gasteiger charge is 2.15. The lowest BCUT2D eigenvalue weighted by molar-refractivity contribution is 0.174. The van der Waals surface area contributed by atoms with Crippen LogP contribution >= 0.6 is 0 Å². The van der Waals surface area contributed by atoms with E-state index in [1.54, 1.807) is 6.20 Å². The lowest BCUT2D eigenvalue weighted by Crippen LogP contribution is -2.01. The van der Waals surface area contributed by atoms with Crippen LogP contribution in [0.5, 0.6) is 11.5 Å². The van der Waals surface area contributed by atoms with Crippen LogP contribution in [0.3, 0.4) is 0 Å². The van der Waals surface area contributed by atoms with Crippen molar-refractivity contribution < 1.29 is 9.47 Å². The van der Waals surface area contributed by atoms with Gasteiger partial charge in [-0.25, -0.2) is 9.97 Å². The molecule has 0 saturated carbocycles. The van der Waals surface area contributed by atoms with Crippen molar-refractivity contribution in [2.45, 2.75) is 0 Å². The molecule has 0 spiro atoms. The minimum atomic E-state index is 0.256. The fourth-order valence-corrected chi connectivity index (χ4v) is 3.18. The van der Waals surface area contributed by atoms with Crippen LogP contribution in [0.4, 0.5) is 17.5 Å². The van der Waals surface area contributed by atoms with E-state index < -0.39 is 0 Å². The van der Waals surface area contributed by atoms with Crippen LogP contribution in [0.15, 0.2) is 60.8 Å². The van der Waals surface area contributed by atoms with Gasteiger partial charge in [0.2, 0.25) is 12.7 Å². The number of para-hydroxylation sites is 1. The largest absolute Gasteiger partial charge is 0.454 e. The van der Waals surface area contributed by atoms with Crippen molar-refractivity contribution in [3.05, 3.63) is 60.8 Å². The number of benzene rings is 2. The molecule has 27 heavy (non-hydrogen) atoms. The summed E-state index contributed by atoms with van der Waals surface area (Å²) >= 11 is 0. The molecule has 1 aliphatic rings. The number of pyridine rings is 1. The number of ether oxygens (including phenoxy) is 2. The molecule has 5 rings (SSSR count). The van der Waals surface area contributed by atoms with Crippen LogP contribution in [0.1, 0.15) is 0 Å². The Labute approximate surface area is 155 Å². The molecular formula is C20H17N5O2. The summed E-state index contributed by atoms with van der Waals surface area (Å²) in [6, 6.07) is 17.8. The summed E-state index contributed by atoms with van der Waals surface area (Å²) < 4.78 is 12.9. The second kappa shape index (κ2) is 6.21. The molecule has 2 aromatic heterocycles. The first-order valence-electron chi connectivity index (χ1n) is 8.60. The summed E-state index contributed by atoms with van der Waals surface area (Å²) in [7, 11) is 1.86. The Bertz CT molecular complexity index is 1120. The summed E-state index contributed by atoms with van der Waals surface area (Å²) in [5, 5.41) is 6.48. The highest BCUT2D eigenvalue weighted by molar-refractivity contribution is 5.83. The molecule has 0 radical (unpaired) electrons. The highest BCUT2D eigenvalue weighted by atomic mass is 16.7. The molecule has 7 heteroatoms. The molecule has 0 saturated heterocycles. The number of hydrogen-bond donors (Lipinski definition) is 2. The van der Waals surface area contributed by atoms with Gasteiger partial charge in [-0.3, -0.25) is 4.57 Å². The summed E-state index contributed by atoms with van der Waals surface area (Å²) in [5.74, 6) is 2.97. The van der Waals surface area contributed by atoms with Crippen LogP contribution in [-0.2, 0) is 0 Å². The molecule has 7 nitrogen and oxygen atoms in total. The molecule has 2 aromatic carbocycles. The molecule has 0 atom stereocenters. The lowest BCUT2D eigenvalue weighted by Gasteiger charge is -2.10. The van der Waals surface area contributed by atoms with E-state index in [-0.39, 0.29) is 6.79 Å². The average Bonchev–Trinajstić information content (AvgIpc) is 3.32. The normalized spacial score (nSPS) is 12.3. The Balaban J connectivity index is 1.57. The summed E-state index contributed by atoms with van der Waals surface area (Å²) in [6.45, 7) is 0.256. The second-order valence-electron chi connectivity index (χ2n) is 6.11. The fraction of sp³-hybridized carbons (Fsp3) is 0.100. The predicted molar refractivity (Wildman–Crippen MR) is 104 cm³/mol. The predicted octanol–water partition coefficient (Wildman–Crippen LogP) is 3.93. The Hall–Kier alpha value is -3.74. The maximum Gasteiger partial charge on any atom is 0.231 e. The van der Waals surface area contributed by atoms with E-state index in [1.807, 2.05) is 61.6 Å². The maximum atomic E-state index is 5.44. The first-order valence-corrected chi connectivity index (χ1v) is 8.60. The number of anilines is 3. The number of imidazole rings is 1. The quantitative estimate of drug-likeness (QED) is 0.575. The van der Waals surface area contributed by atoms with Crippen LogP contribution < -0.4 is 20.1 Å². The van der Waals surface area contributed by atoms with Gasteiger partial charge in [-0.1, -0.05) is 18.2 Å². The third-order valence-corrected chi connectivity index (χ3v) is 4.42. The average molecular weight is 359 g/mol. The zero-order valence-corrected chi connectivity index (χ0v) is 14.6. The van der Waals surface area contributed by atoms with Crippen molar-refractivity contribution >= 4 is 28.5 Å². The van der Waals surface area contributed by atoms with Crippen molar-refractivity contribution in [3.8, 4) is 17.2 Å². The van der Waals surface area contributed by atoms with Gasteiger partial charge in [-0.05, 0) is 24.3 Å². The van der Waals surface area contributed by atoms with Gasteiger partial charge in [0, 0.05) is 30.6 Å². The summed E-state index contributed by atoms with van der Waals surface area (Å²) in [4.78, 5) is 9.12. The Morgan fingerprint density at radius 2 is 1.85 bits per heavy atom. The van der Waals surface area contributed by atoms with Gasteiger partial charge in [0.15, 0.2) is 11.5 Å². The van der Waals surface area contributed by atoms with Gasteiger partial charge >= 0.3 is 0 Å². The third-order valence-electron chi connectivity index (χ3n) is 4.42. The fourth-order valence-electron chi connectivity index (χ4n) is 3.18. The number of hydrogen-bond acceptors (Lipinski definition) is 6. The Kier molecular flexibility index (Phi) is 3.57. The van der Waals surface area contributed by atoms with Gasteiger partial charge in [-0.2, -0.15) is 0 Å². The molecule has 3 heterocycles. The van der Waals surface area contributed by atoms with Crippen LogP contribution in [0, 0.1) is 0 Å². The lowest BCUT2D eigenvalue weighted by atomic mass is 10.2. The number of rotatable bonds is 4. The van der Waals surface area contributed by atoms with Gasteiger partial charge in [0.25, 0.3) is 0 Å². The molecule has 0 fully saturated rings. The zero-order chi connectivity index (χ0) is 18.2. The molecule has 0 unspecified atom stereocenters. The first kappa shape index (κ1) is 15.5. The Morgan fingerprint density at radius 1 is 1.00 bits per heavy atom. The molecule has 0 aliphatic carbocycles. The molecule has 134 valence electrons. The van der Waals surface area contributed by atoms with E-state index in [4.69, 9.17) is 9.47 Å². The van der Waals surface area contributed by atoms with Crippen LogP contribution in [0.2, 0.25) is 0 Å². The first-order chi connectivity index (χ1) is 13.3. The standard InChI is InChI=1S/C20H17N5O2/c1-21-20-24-15-11-22-19(10-16(15)25(20)14-5-3-2-4-6-14)23-13-7-8-17-18(9-13)27-12-26-17/h2-11H,12H2,1H3,(H,21,24)(H,22,23). The van der Waals surface area contributed by atoms with Crippen LogP contribution in [-0.4, -0.2) is 28.4 Å². The number of nitrogens with zero attached hydrogens (tertiary/aromatic N) is 3. The molecular weight excluding hydrogens is 342 g/mol. The smallest absolute Gasteiger partial charge is 0.231 e. The highest BCUT2D eigenvalue weighted by Crippen LogP contribution is 2.35. The van der Waals surface area contributed by atoms with Gasteiger partial charge in [0.05, 0.1) is 11.7 Å². The van der Waals surface area contributed by atoms with E-state index in [1.165, 1.54) is 0 Å². The van der Waals surface area contributed by atoms with E-state index in [0.29, 0.717) is 0 Å². The van der Waals surface area contributed by atoms with E-state index in [0.717, 1.165) is 45.7 Å². The maximum absolute atomic E-state index is 5.44. The van der Waals surface area contributed by atoms with Crippen LogP contribution in [0.25, 0.3) is 16.7 Å². The van der Waals surface area contributed by atoms with E-state index in [2.05, 4.69) is 25.2 Å². The van der Waals surface area contributed by atoms with Crippen molar-refractivity contribution in [3.63, 3.8) is 0 Å². The molecule has 1 aliphatic heterocycles. The monoisotopic (exact) mass is 359 g/mol. The van der Waals surface area contributed by atoms with Gasteiger partial charge in [-0.15, -0.1) is 0 Å². The second-order valence-corrected chi connectivity index (χ2v) is 6.11. The SMILES string of the molecule is CNc1nc2cnc(Nc3ccc4c(c3)OCO4)cc2n1-c1ccccc1. The number of nitrogens with one attached hydrogen (secondary N) is 2. The molecule has 4 aromatic rings. The summed E-state index contributed by atoms with van der Waals surface area (Å²) in [6.07, 6.45) is 1.77. The van der Waals surface area contributed by atoms with E-state index >= 15 is 0 Å². The van der Waals surface area contributed by atoms with Gasteiger partial charge < -0.3 is 20.1 Å².